The van der Waals surface area contributed by atoms with E-state index in [2.05, 4.69) is 37.5 Å². The number of hydrogen-bond donors (Lipinski definition) is 2. The highest BCUT2D eigenvalue weighted by atomic mass is 16.3. The van der Waals surface area contributed by atoms with Gasteiger partial charge in [-0.25, -0.2) is 0 Å². The molecule has 0 saturated carbocycles. The van der Waals surface area contributed by atoms with Gasteiger partial charge in [-0.1, -0.05) is 27.7 Å². The molecule has 0 aromatic rings. The van der Waals surface area contributed by atoms with Gasteiger partial charge in [0.15, 0.2) is 0 Å². The van der Waals surface area contributed by atoms with Crippen LogP contribution >= 0.6 is 0 Å². The van der Waals surface area contributed by atoms with Crippen LogP contribution in [0.1, 0.15) is 40.5 Å². The quantitative estimate of drug-likeness (QED) is 0.584. The zero-order valence-electron chi connectivity index (χ0n) is 12.7. The summed E-state index contributed by atoms with van der Waals surface area (Å²) >= 11 is 0. The monoisotopic (exact) mass is 259 g/mol. The summed E-state index contributed by atoms with van der Waals surface area (Å²) in [5.74, 6) is 0. The van der Waals surface area contributed by atoms with E-state index in [9.17, 15) is 5.11 Å². The van der Waals surface area contributed by atoms with E-state index in [1.165, 1.54) is 0 Å². The normalized spacial score (nSPS) is 15.3. The molecule has 4 nitrogen and oxygen atoms in total. The van der Waals surface area contributed by atoms with Crippen LogP contribution in [0.15, 0.2) is 0 Å². The van der Waals surface area contributed by atoms with Crippen LogP contribution in [0.3, 0.4) is 0 Å². The molecular weight excluding hydrogens is 226 g/mol. The maximum Gasteiger partial charge on any atom is 0.0601 e. The lowest BCUT2D eigenvalue weighted by molar-refractivity contribution is 0.102. The van der Waals surface area contributed by atoms with Crippen molar-refractivity contribution < 1.29 is 5.11 Å². The number of likely N-dealkylation sites (N-methyl/N-ethyl adjacent to an activating group) is 1. The van der Waals surface area contributed by atoms with Crippen LogP contribution in [-0.2, 0) is 0 Å². The molecular formula is C14H33N3O. The minimum absolute atomic E-state index is 0.0726. The highest BCUT2D eigenvalue weighted by Crippen LogP contribution is 2.07. The van der Waals surface area contributed by atoms with Crippen molar-refractivity contribution in [1.29, 1.82) is 0 Å². The third-order valence-electron chi connectivity index (χ3n) is 3.84. The van der Waals surface area contributed by atoms with Gasteiger partial charge in [0, 0.05) is 12.1 Å². The van der Waals surface area contributed by atoms with Gasteiger partial charge in [0.1, 0.15) is 0 Å². The Morgan fingerprint density at radius 3 is 2.00 bits per heavy atom. The lowest BCUT2D eigenvalue weighted by Gasteiger charge is -2.33. The zero-order valence-corrected chi connectivity index (χ0v) is 12.7. The molecule has 0 aromatic heterocycles. The van der Waals surface area contributed by atoms with Gasteiger partial charge in [-0.2, -0.15) is 0 Å². The second-order valence-corrected chi connectivity index (χ2v) is 4.83. The molecule has 0 saturated heterocycles. The molecule has 0 amide bonds. The molecule has 0 spiro atoms. The number of rotatable bonds is 11. The molecule has 4 heteroatoms. The lowest BCUT2D eigenvalue weighted by atomic mass is 10.1. The van der Waals surface area contributed by atoms with Crippen molar-refractivity contribution in [2.75, 3.05) is 39.3 Å². The molecule has 0 heterocycles. The lowest BCUT2D eigenvalue weighted by Crippen LogP contribution is -2.50. The van der Waals surface area contributed by atoms with Crippen LogP contribution in [-0.4, -0.2) is 66.3 Å². The molecule has 2 unspecified atom stereocenters. The summed E-state index contributed by atoms with van der Waals surface area (Å²) in [4.78, 5) is 4.75. The van der Waals surface area contributed by atoms with E-state index in [-0.39, 0.29) is 18.7 Å². The molecule has 0 bridgehead atoms. The predicted octanol–water partition coefficient (Wildman–Crippen LogP) is 1.14. The summed E-state index contributed by atoms with van der Waals surface area (Å²) in [5, 5.41) is 9.50. The molecule has 3 N–H and O–H groups in total. The summed E-state index contributed by atoms with van der Waals surface area (Å²) in [7, 11) is 0. The number of nitrogens with two attached hydrogens (primary N) is 1. The van der Waals surface area contributed by atoms with Gasteiger partial charge in [-0.3, -0.25) is 4.90 Å². The summed E-state index contributed by atoms with van der Waals surface area (Å²) in [6.45, 7) is 14.1. The molecule has 2 atom stereocenters. The largest absolute Gasteiger partial charge is 0.395 e. The van der Waals surface area contributed by atoms with Crippen molar-refractivity contribution in [3.8, 4) is 0 Å². The molecule has 0 aromatic carbocycles. The first-order valence-electron chi connectivity index (χ1n) is 7.47. The van der Waals surface area contributed by atoms with Gasteiger partial charge in [0.25, 0.3) is 0 Å². The van der Waals surface area contributed by atoms with Gasteiger partial charge in [-0.15, -0.1) is 0 Å². The third kappa shape index (κ3) is 6.14. The molecule has 110 valence electrons. The summed E-state index contributed by atoms with van der Waals surface area (Å²) in [6, 6.07) is 0.181. The van der Waals surface area contributed by atoms with Crippen molar-refractivity contribution in [2.45, 2.75) is 52.6 Å². The minimum atomic E-state index is 0.0726. The number of hydrogen-bond acceptors (Lipinski definition) is 4. The molecule has 0 fully saturated rings. The number of aliphatic hydroxyl groups is 1. The summed E-state index contributed by atoms with van der Waals surface area (Å²) in [5.41, 5.74) is 6.08. The highest BCUT2D eigenvalue weighted by molar-refractivity contribution is 4.80. The van der Waals surface area contributed by atoms with Crippen LogP contribution < -0.4 is 5.73 Å². The highest BCUT2D eigenvalue weighted by Gasteiger charge is 2.21. The first-order valence-corrected chi connectivity index (χ1v) is 7.47. The fraction of sp³-hybridized carbons (Fsp3) is 1.00. The second kappa shape index (κ2) is 10.7. The van der Waals surface area contributed by atoms with E-state index in [1.54, 1.807) is 0 Å². The SMILES string of the molecule is CCC(N)C(CO)N(CC)CCCN(CC)CC. The van der Waals surface area contributed by atoms with Crippen molar-refractivity contribution in [3.05, 3.63) is 0 Å². The Kier molecular flexibility index (Phi) is 10.6. The molecule has 0 aliphatic heterocycles. The summed E-state index contributed by atoms with van der Waals surface area (Å²) < 4.78 is 0. The number of aliphatic hydroxyl groups excluding tert-OH is 1. The Morgan fingerprint density at radius 1 is 1.00 bits per heavy atom. The molecule has 0 aliphatic rings. The standard InChI is InChI=1S/C14H33N3O/c1-5-13(15)14(12-18)17(8-4)11-9-10-16(6-2)7-3/h13-14,18H,5-12,15H2,1-4H3. The predicted molar refractivity (Wildman–Crippen MR) is 78.8 cm³/mol. The Bertz CT molecular complexity index is 186. The number of nitrogens with zero attached hydrogens (tertiary/aromatic N) is 2. The van der Waals surface area contributed by atoms with Crippen LogP contribution in [0, 0.1) is 0 Å². The smallest absolute Gasteiger partial charge is 0.0601 e. The van der Waals surface area contributed by atoms with E-state index in [4.69, 9.17) is 5.73 Å². The van der Waals surface area contributed by atoms with Gasteiger partial charge in [0.2, 0.25) is 0 Å². The summed E-state index contributed by atoms with van der Waals surface area (Å²) in [6.07, 6.45) is 2.06. The first kappa shape index (κ1) is 17.8. The van der Waals surface area contributed by atoms with Gasteiger partial charge >= 0.3 is 0 Å². The average Bonchev–Trinajstić information content (AvgIpc) is 2.41. The maximum atomic E-state index is 9.50. The third-order valence-corrected chi connectivity index (χ3v) is 3.84. The Balaban J connectivity index is 4.15. The molecule has 0 rings (SSSR count). The average molecular weight is 259 g/mol. The Morgan fingerprint density at radius 2 is 1.61 bits per heavy atom. The second-order valence-electron chi connectivity index (χ2n) is 4.83. The fourth-order valence-corrected chi connectivity index (χ4v) is 2.39. The van der Waals surface area contributed by atoms with Crippen LogP contribution in [0.5, 0.6) is 0 Å². The van der Waals surface area contributed by atoms with Gasteiger partial charge < -0.3 is 15.7 Å². The Labute approximate surface area is 113 Å². The van der Waals surface area contributed by atoms with E-state index in [1.807, 2.05) is 0 Å². The van der Waals surface area contributed by atoms with Crippen molar-refractivity contribution in [3.63, 3.8) is 0 Å². The molecule has 0 aliphatic carbocycles. The van der Waals surface area contributed by atoms with E-state index >= 15 is 0 Å². The van der Waals surface area contributed by atoms with Crippen LogP contribution in [0.25, 0.3) is 0 Å². The van der Waals surface area contributed by atoms with Crippen LogP contribution in [0.2, 0.25) is 0 Å². The molecule has 18 heavy (non-hydrogen) atoms. The van der Waals surface area contributed by atoms with E-state index < -0.39 is 0 Å². The molecule has 0 radical (unpaired) electrons. The van der Waals surface area contributed by atoms with E-state index in [0.29, 0.717) is 0 Å². The van der Waals surface area contributed by atoms with Gasteiger partial charge in [0.05, 0.1) is 6.61 Å². The topological polar surface area (TPSA) is 52.7 Å². The van der Waals surface area contributed by atoms with Gasteiger partial charge in [-0.05, 0) is 45.6 Å². The Hall–Kier alpha value is -0.160. The fourth-order valence-electron chi connectivity index (χ4n) is 2.39. The van der Waals surface area contributed by atoms with Crippen molar-refractivity contribution in [1.82, 2.24) is 9.80 Å². The zero-order chi connectivity index (χ0) is 14.0. The van der Waals surface area contributed by atoms with E-state index in [0.717, 1.165) is 45.6 Å². The van der Waals surface area contributed by atoms with Crippen molar-refractivity contribution in [2.24, 2.45) is 5.73 Å². The maximum absolute atomic E-state index is 9.50. The first-order chi connectivity index (χ1) is 8.64. The van der Waals surface area contributed by atoms with Crippen molar-refractivity contribution >= 4 is 0 Å². The minimum Gasteiger partial charge on any atom is -0.395 e. The van der Waals surface area contributed by atoms with Crippen LogP contribution in [0.4, 0.5) is 0 Å².